The Balaban J connectivity index is 4.37. The van der Waals surface area contributed by atoms with Crippen LogP contribution in [0.25, 0.3) is 0 Å². The lowest BCUT2D eigenvalue weighted by Gasteiger charge is -2.18. The molecule has 0 rings (SSSR count). The molecule has 0 bridgehead atoms. The minimum Gasteiger partial charge on any atom is -0.462 e. The van der Waals surface area contributed by atoms with Gasteiger partial charge in [0.05, 0.1) is 0 Å². The van der Waals surface area contributed by atoms with Crippen molar-refractivity contribution in [3.8, 4) is 0 Å². The highest BCUT2D eigenvalue weighted by atomic mass is 16.6. The molecule has 0 spiro atoms. The normalized spacial score (nSPS) is 12.4. The first-order valence-electron chi connectivity index (χ1n) is 24.7. The van der Waals surface area contributed by atoms with Crippen LogP contribution in [0.2, 0.25) is 0 Å². The number of hydrogen-bond acceptors (Lipinski definition) is 6. The maximum absolute atomic E-state index is 12.7. The van der Waals surface area contributed by atoms with Gasteiger partial charge in [-0.3, -0.25) is 14.4 Å². The molecule has 0 heterocycles. The van der Waals surface area contributed by atoms with Crippen molar-refractivity contribution in [1.29, 1.82) is 0 Å². The number of carbonyl (C=O) groups excluding carboxylic acids is 3. The number of hydrogen-bond donors (Lipinski definition) is 0. The van der Waals surface area contributed by atoms with Crippen LogP contribution in [0.3, 0.4) is 0 Å². The van der Waals surface area contributed by atoms with Crippen molar-refractivity contribution in [1.82, 2.24) is 0 Å². The number of esters is 3. The second-order valence-corrected chi connectivity index (χ2v) is 16.4. The first-order chi connectivity index (χ1) is 28.5. The molecule has 336 valence electrons. The van der Waals surface area contributed by atoms with Crippen LogP contribution in [0.15, 0.2) is 48.6 Å². The van der Waals surface area contributed by atoms with Gasteiger partial charge in [0, 0.05) is 19.3 Å². The topological polar surface area (TPSA) is 78.9 Å². The van der Waals surface area contributed by atoms with Crippen LogP contribution in [0.4, 0.5) is 0 Å². The van der Waals surface area contributed by atoms with E-state index >= 15 is 0 Å². The van der Waals surface area contributed by atoms with Crippen LogP contribution in [-0.4, -0.2) is 37.2 Å². The van der Waals surface area contributed by atoms with Crippen molar-refractivity contribution in [2.75, 3.05) is 13.2 Å². The highest BCUT2D eigenvalue weighted by Crippen LogP contribution is 2.14. The van der Waals surface area contributed by atoms with Gasteiger partial charge in [-0.25, -0.2) is 0 Å². The molecule has 0 aromatic rings. The van der Waals surface area contributed by atoms with Gasteiger partial charge in [-0.05, 0) is 64.2 Å². The molecule has 0 saturated carbocycles. The standard InChI is InChI=1S/C52H92O6/c1-4-7-10-13-16-19-22-24-25-26-27-28-29-31-33-36-39-42-45-51(54)57-48-49(47-56-50(53)44-41-38-35-32-21-18-15-12-9-6-3)58-52(55)46-43-40-37-34-30-23-20-17-14-11-8-5-2/h15,18,22,24-28,49H,4-14,16-17,19-21,23,29-48H2,1-3H3/b18-15-,24-22-,26-25-,28-27-. The van der Waals surface area contributed by atoms with E-state index in [1.165, 1.54) is 109 Å². The van der Waals surface area contributed by atoms with E-state index in [2.05, 4.69) is 69.4 Å². The molecule has 0 saturated heterocycles. The zero-order valence-corrected chi connectivity index (χ0v) is 38.3. The number of unbranched alkanes of at least 4 members (excludes halogenated alkanes) is 27. The lowest BCUT2D eigenvalue weighted by atomic mass is 10.0. The Kier molecular flexibility index (Phi) is 44.9. The maximum Gasteiger partial charge on any atom is 0.306 e. The van der Waals surface area contributed by atoms with Gasteiger partial charge in [0.1, 0.15) is 13.2 Å². The third-order valence-electron chi connectivity index (χ3n) is 10.6. The van der Waals surface area contributed by atoms with Crippen molar-refractivity contribution < 1.29 is 28.6 Å². The number of rotatable bonds is 44. The molecule has 0 aliphatic heterocycles. The van der Waals surface area contributed by atoms with Crippen molar-refractivity contribution in [3.63, 3.8) is 0 Å². The Morgan fingerprint density at radius 3 is 1.05 bits per heavy atom. The summed E-state index contributed by atoms with van der Waals surface area (Å²) in [5.74, 6) is -0.913. The molecule has 58 heavy (non-hydrogen) atoms. The van der Waals surface area contributed by atoms with Crippen LogP contribution >= 0.6 is 0 Å². The molecule has 0 aromatic heterocycles. The van der Waals surface area contributed by atoms with Crippen molar-refractivity contribution in [2.45, 2.75) is 252 Å². The highest BCUT2D eigenvalue weighted by molar-refractivity contribution is 5.71. The summed E-state index contributed by atoms with van der Waals surface area (Å²) in [5.41, 5.74) is 0. The molecule has 0 N–H and O–H groups in total. The Labute approximate surface area is 358 Å². The number of carbonyl (C=O) groups is 3. The first kappa shape index (κ1) is 55.4. The van der Waals surface area contributed by atoms with Crippen LogP contribution in [-0.2, 0) is 28.6 Å². The summed E-state index contributed by atoms with van der Waals surface area (Å²) in [6.45, 7) is 6.55. The summed E-state index contributed by atoms with van der Waals surface area (Å²) < 4.78 is 16.7. The molecule has 0 radical (unpaired) electrons. The largest absolute Gasteiger partial charge is 0.462 e. The van der Waals surface area contributed by atoms with E-state index in [1.807, 2.05) is 0 Å². The van der Waals surface area contributed by atoms with E-state index in [0.29, 0.717) is 19.3 Å². The minimum absolute atomic E-state index is 0.0843. The van der Waals surface area contributed by atoms with E-state index < -0.39 is 6.10 Å². The van der Waals surface area contributed by atoms with E-state index in [0.717, 1.165) is 96.3 Å². The Hall–Kier alpha value is -2.63. The summed E-state index contributed by atoms with van der Waals surface area (Å²) in [5, 5.41) is 0. The van der Waals surface area contributed by atoms with Gasteiger partial charge in [-0.1, -0.05) is 211 Å². The van der Waals surface area contributed by atoms with Gasteiger partial charge in [0.25, 0.3) is 0 Å². The Morgan fingerprint density at radius 1 is 0.345 bits per heavy atom. The predicted octanol–water partition coefficient (Wildman–Crippen LogP) is 15.9. The molecular formula is C52H92O6. The number of ether oxygens (including phenoxy) is 3. The molecule has 0 amide bonds. The van der Waals surface area contributed by atoms with Gasteiger partial charge in [0.2, 0.25) is 0 Å². The fourth-order valence-corrected chi connectivity index (χ4v) is 6.84. The van der Waals surface area contributed by atoms with Crippen molar-refractivity contribution >= 4 is 17.9 Å². The van der Waals surface area contributed by atoms with Gasteiger partial charge in [-0.15, -0.1) is 0 Å². The molecule has 1 atom stereocenters. The first-order valence-corrected chi connectivity index (χ1v) is 24.7. The third kappa shape index (κ3) is 44.5. The zero-order valence-electron chi connectivity index (χ0n) is 38.3. The van der Waals surface area contributed by atoms with Crippen LogP contribution in [0, 0.1) is 0 Å². The average molecular weight is 813 g/mol. The Bertz CT molecular complexity index is 1030. The molecular weight excluding hydrogens is 721 g/mol. The second-order valence-electron chi connectivity index (χ2n) is 16.4. The SMILES string of the molecule is CCCC/C=C\CCCCCCC(=O)OCC(COC(=O)CCCCCCC\C=C/C=C\C=C/CCCCCCC)OC(=O)CCCCCCCCCCCCCC. The third-order valence-corrected chi connectivity index (χ3v) is 10.6. The van der Waals surface area contributed by atoms with Crippen LogP contribution in [0.5, 0.6) is 0 Å². The quantitative estimate of drug-likeness (QED) is 0.0200. The Morgan fingerprint density at radius 2 is 0.655 bits per heavy atom. The summed E-state index contributed by atoms with van der Waals surface area (Å²) in [4.78, 5) is 37.8. The smallest absolute Gasteiger partial charge is 0.306 e. The summed E-state index contributed by atoms with van der Waals surface area (Å²) >= 11 is 0. The van der Waals surface area contributed by atoms with Crippen LogP contribution < -0.4 is 0 Å². The lowest BCUT2D eigenvalue weighted by molar-refractivity contribution is -0.167. The van der Waals surface area contributed by atoms with Gasteiger partial charge in [0.15, 0.2) is 6.10 Å². The lowest BCUT2D eigenvalue weighted by Crippen LogP contribution is -2.30. The average Bonchev–Trinajstić information content (AvgIpc) is 3.22. The molecule has 0 fully saturated rings. The van der Waals surface area contributed by atoms with Gasteiger partial charge < -0.3 is 14.2 Å². The summed E-state index contributed by atoms with van der Waals surface area (Å²) in [6, 6.07) is 0. The molecule has 0 aliphatic carbocycles. The zero-order chi connectivity index (χ0) is 42.3. The van der Waals surface area contributed by atoms with E-state index in [4.69, 9.17) is 14.2 Å². The molecule has 6 nitrogen and oxygen atoms in total. The monoisotopic (exact) mass is 813 g/mol. The minimum atomic E-state index is -0.781. The van der Waals surface area contributed by atoms with E-state index in [1.54, 1.807) is 0 Å². The second kappa shape index (κ2) is 47.1. The number of allylic oxidation sites excluding steroid dienone is 8. The van der Waals surface area contributed by atoms with Gasteiger partial charge in [-0.2, -0.15) is 0 Å². The van der Waals surface area contributed by atoms with E-state index in [9.17, 15) is 14.4 Å². The molecule has 6 heteroatoms. The molecule has 0 aromatic carbocycles. The fraction of sp³-hybridized carbons (Fsp3) is 0.788. The van der Waals surface area contributed by atoms with Crippen molar-refractivity contribution in [2.24, 2.45) is 0 Å². The van der Waals surface area contributed by atoms with Gasteiger partial charge >= 0.3 is 17.9 Å². The molecule has 0 aliphatic rings. The highest BCUT2D eigenvalue weighted by Gasteiger charge is 2.19. The maximum atomic E-state index is 12.7. The van der Waals surface area contributed by atoms with Crippen molar-refractivity contribution in [3.05, 3.63) is 48.6 Å². The van der Waals surface area contributed by atoms with E-state index in [-0.39, 0.29) is 31.1 Å². The van der Waals surface area contributed by atoms with Crippen LogP contribution in [0.1, 0.15) is 245 Å². The molecule has 1 unspecified atom stereocenters. The summed E-state index contributed by atoms with van der Waals surface area (Å²) in [6.07, 6.45) is 55.2. The fourth-order valence-electron chi connectivity index (χ4n) is 6.84. The summed E-state index contributed by atoms with van der Waals surface area (Å²) in [7, 11) is 0. The predicted molar refractivity (Wildman–Crippen MR) is 247 cm³/mol.